The summed E-state index contributed by atoms with van der Waals surface area (Å²) in [5.41, 5.74) is 6.77. The van der Waals surface area contributed by atoms with Crippen molar-refractivity contribution in [3.8, 4) is 11.1 Å². The van der Waals surface area contributed by atoms with Crippen molar-refractivity contribution in [3.05, 3.63) is 35.0 Å². The zero-order valence-electron chi connectivity index (χ0n) is 14.4. The summed E-state index contributed by atoms with van der Waals surface area (Å²) in [5.74, 6) is -0.0532. The van der Waals surface area contributed by atoms with Gasteiger partial charge in [0.1, 0.15) is 11.8 Å². The predicted molar refractivity (Wildman–Crippen MR) is 95.7 cm³/mol. The third kappa shape index (κ3) is 4.45. The van der Waals surface area contributed by atoms with Crippen molar-refractivity contribution >= 4 is 29.9 Å². The van der Waals surface area contributed by atoms with Crippen LogP contribution in [0.15, 0.2) is 29.3 Å². The number of hydrogen-bond donors (Lipinski definition) is 1. The molecule has 0 aliphatic carbocycles. The van der Waals surface area contributed by atoms with Crippen LogP contribution in [-0.4, -0.2) is 41.6 Å². The fourth-order valence-electron chi connectivity index (χ4n) is 2.86. The summed E-state index contributed by atoms with van der Waals surface area (Å²) in [4.78, 5) is 16.2. The van der Waals surface area contributed by atoms with Gasteiger partial charge in [-0.1, -0.05) is 23.7 Å². The first-order valence-corrected chi connectivity index (χ1v) is 8.66. The first-order valence-electron chi connectivity index (χ1n) is 8.29. The van der Waals surface area contributed by atoms with E-state index in [0.29, 0.717) is 39.6 Å². The number of aromatic nitrogens is 2. The molecule has 0 saturated carbocycles. The fourth-order valence-corrected chi connectivity index (χ4v) is 2.99. The van der Waals surface area contributed by atoms with Gasteiger partial charge in [0.2, 0.25) is 0 Å². The van der Waals surface area contributed by atoms with E-state index in [1.807, 2.05) is 0 Å². The highest BCUT2D eigenvalue weighted by Crippen LogP contribution is 2.41. The zero-order chi connectivity index (χ0) is 20.3. The van der Waals surface area contributed by atoms with Crippen LogP contribution in [-0.2, 0) is 9.47 Å². The lowest BCUT2D eigenvalue weighted by Crippen LogP contribution is -2.24. The molecule has 2 heterocycles. The molecule has 1 aliphatic rings. The van der Waals surface area contributed by atoms with Crippen LogP contribution in [0.1, 0.15) is 24.6 Å². The molecule has 11 heteroatoms. The standard InChI is InChI=1S/C17H16ClF3N4O3/c18-11-5-3-10(4-6-11)13-14(12-2-1-7-27-12)24-25(15(13)23-9-22)16(26)28-8-17(19,20)21/h3-6,9,12H,1-2,7-8H2,(H2,22,23). The number of halogens is 4. The van der Waals surface area contributed by atoms with Gasteiger partial charge in [0.15, 0.2) is 12.4 Å². The zero-order valence-corrected chi connectivity index (χ0v) is 15.2. The maximum atomic E-state index is 12.4. The number of nitrogens with zero attached hydrogens (tertiary/aromatic N) is 3. The van der Waals surface area contributed by atoms with Gasteiger partial charge >= 0.3 is 12.3 Å². The Morgan fingerprint density at radius 1 is 1.43 bits per heavy atom. The number of alkyl halides is 3. The van der Waals surface area contributed by atoms with Gasteiger partial charge in [-0.25, -0.2) is 9.79 Å². The van der Waals surface area contributed by atoms with E-state index in [9.17, 15) is 18.0 Å². The summed E-state index contributed by atoms with van der Waals surface area (Å²) in [6.45, 7) is -1.24. The summed E-state index contributed by atoms with van der Waals surface area (Å²) in [6.07, 6.45) is -4.08. The Kier molecular flexibility index (Phi) is 5.90. The Bertz CT molecular complexity index is 875. The van der Waals surface area contributed by atoms with E-state index in [4.69, 9.17) is 22.1 Å². The number of benzene rings is 1. The quantitative estimate of drug-likeness (QED) is 0.595. The summed E-state index contributed by atoms with van der Waals surface area (Å²) in [7, 11) is 0. The lowest BCUT2D eigenvalue weighted by Gasteiger charge is -2.09. The van der Waals surface area contributed by atoms with Gasteiger partial charge in [-0.05, 0) is 30.5 Å². The predicted octanol–water partition coefficient (Wildman–Crippen LogP) is 4.22. The minimum atomic E-state index is -4.67. The molecule has 2 aromatic rings. The molecule has 1 aliphatic heterocycles. The number of ether oxygens (including phenoxy) is 2. The van der Waals surface area contributed by atoms with Crippen molar-refractivity contribution in [2.75, 3.05) is 13.2 Å². The molecular weight excluding hydrogens is 401 g/mol. The molecule has 1 atom stereocenters. The maximum absolute atomic E-state index is 12.4. The Morgan fingerprint density at radius 2 is 2.14 bits per heavy atom. The highest BCUT2D eigenvalue weighted by atomic mass is 35.5. The van der Waals surface area contributed by atoms with E-state index >= 15 is 0 Å². The van der Waals surface area contributed by atoms with E-state index in [1.54, 1.807) is 24.3 Å². The van der Waals surface area contributed by atoms with Crippen LogP contribution in [0.2, 0.25) is 5.02 Å². The van der Waals surface area contributed by atoms with Crippen LogP contribution >= 0.6 is 11.6 Å². The van der Waals surface area contributed by atoms with Gasteiger partial charge in [-0.2, -0.15) is 18.3 Å². The van der Waals surface area contributed by atoms with Gasteiger partial charge in [0.05, 0.1) is 11.9 Å². The van der Waals surface area contributed by atoms with Crippen molar-refractivity contribution in [2.24, 2.45) is 10.7 Å². The van der Waals surface area contributed by atoms with Crippen molar-refractivity contribution < 1.29 is 27.4 Å². The molecule has 1 aromatic carbocycles. The van der Waals surface area contributed by atoms with Crippen LogP contribution in [0.25, 0.3) is 11.1 Å². The average Bonchev–Trinajstić information content (AvgIpc) is 3.28. The van der Waals surface area contributed by atoms with Crippen molar-refractivity contribution in [1.29, 1.82) is 0 Å². The Hall–Kier alpha value is -2.59. The van der Waals surface area contributed by atoms with Gasteiger partial charge in [0, 0.05) is 11.6 Å². The molecule has 150 valence electrons. The van der Waals surface area contributed by atoms with Gasteiger partial charge in [-0.15, -0.1) is 4.68 Å². The van der Waals surface area contributed by atoms with Crippen molar-refractivity contribution in [1.82, 2.24) is 9.78 Å². The smallest absolute Gasteiger partial charge is 0.437 e. The minimum absolute atomic E-state index is 0.0532. The summed E-state index contributed by atoms with van der Waals surface area (Å²) < 4.78 is 47.9. The van der Waals surface area contributed by atoms with Crippen LogP contribution < -0.4 is 5.73 Å². The third-order valence-corrected chi connectivity index (χ3v) is 4.24. The Labute approximate surface area is 162 Å². The molecule has 0 spiro atoms. The van der Waals surface area contributed by atoms with Gasteiger partial charge in [0.25, 0.3) is 0 Å². The van der Waals surface area contributed by atoms with E-state index in [1.165, 1.54) is 0 Å². The molecule has 1 unspecified atom stereocenters. The maximum Gasteiger partial charge on any atom is 0.437 e. The largest absolute Gasteiger partial charge is 0.438 e. The van der Waals surface area contributed by atoms with E-state index in [2.05, 4.69) is 14.8 Å². The first kappa shape index (κ1) is 20.2. The van der Waals surface area contributed by atoms with E-state index in [-0.39, 0.29) is 5.82 Å². The number of rotatable bonds is 4. The lowest BCUT2D eigenvalue weighted by molar-refractivity contribution is -0.160. The molecule has 28 heavy (non-hydrogen) atoms. The second-order valence-electron chi connectivity index (χ2n) is 5.95. The normalized spacial score (nSPS) is 17.4. The topological polar surface area (TPSA) is 91.7 Å². The monoisotopic (exact) mass is 416 g/mol. The van der Waals surface area contributed by atoms with Crippen LogP contribution in [0, 0.1) is 0 Å². The second kappa shape index (κ2) is 8.19. The van der Waals surface area contributed by atoms with Crippen molar-refractivity contribution in [2.45, 2.75) is 25.1 Å². The molecule has 0 amide bonds. The number of hydrogen-bond acceptors (Lipinski definition) is 5. The Morgan fingerprint density at radius 3 is 2.71 bits per heavy atom. The number of carbonyl (C=O) groups excluding carboxylic acids is 1. The van der Waals surface area contributed by atoms with E-state index in [0.717, 1.165) is 12.8 Å². The molecule has 1 saturated heterocycles. The summed E-state index contributed by atoms with van der Waals surface area (Å²) in [6, 6.07) is 6.62. The molecule has 0 radical (unpaired) electrons. The van der Waals surface area contributed by atoms with Crippen molar-refractivity contribution in [3.63, 3.8) is 0 Å². The summed E-state index contributed by atoms with van der Waals surface area (Å²) >= 11 is 5.93. The highest BCUT2D eigenvalue weighted by molar-refractivity contribution is 6.30. The number of aliphatic imine (C=N–C) groups is 1. The molecular formula is C17H16ClF3N4O3. The molecule has 0 bridgehead atoms. The minimum Gasteiger partial charge on any atom is -0.438 e. The van der Waals surface area contributed by atoms with Crippen LogP contribution in [0.3, 0.4) is 0 Å². The van der Waals surface area contributed by atoms with Gasteiger partial charge in [-0.3, -0.25) is 0 Å². The average molecular weight is 417 g/mol. The summed E-state index contributed by atoms with van der Waals surface area (Å²) in [5, 5.41) is 4.65. The lowest BCUT2D eigenvalue weighted by atomic mass is 10.0. The second-order valence-corrected chi connectivity index (χ2v) is 6.39. The van der Waals surface area contributed by atoms with E-state index < -0.39 is 25.0 Å². The van der Waals surface area contributed by atoms with Gasteiger partial charge < -0.3 is 15.2 Å². The molecule has 1 fully saturated rings. The fraction of sp³-hybridized carbons (Fsp3) is 0.353. The molecule has 3 rings (SSSR count). The Balaban J connectivity index is 2.10. The molecule has 2 N–H and O–H groups in total. The highest BCUT2D eigenvalue weighted by Gasteiger charge is 2.33. The number of nitrogens with two attached hydrogens (primary N) is 1. The SMILES string of the molecule is N/C=N\c1c(-c2ccc(Cl)cc2)c(C2CCCO2)nn1C(=O)OCC(F)(F)F. The molecule has 1 aromatic heterocycles. The van der Waals surface area contributed by atoms with Crippen LogP contribution in [0.4, 0.5) is 23.8 Å². The third-order valence-electron chi connectivity index (χ3n) is 3.98. The molecule has 7 nitrogen and oxygen atoms in total. The number of carbonyl (C=O) groups is 1. The van der Waals surface area contributed by atoms with Crippen LogP contribution in [0.5, 0.6) is 0 Å². The first-order chi connectivity index (χ1) is 13.3.